The molecule has 0 atom stereocenters. The van der Waals surface area contributed by atoms with Crippen molar-refractivity contribution in [2.45, 2.75) is 62.5 Å². The standard InChI is InChI=1S/C23H32N6O3S/c1-4-5-14-24-23-25-15-20-21(16-6-12-19(13-7-16)33(31,32)28(2)3)27-29(22(20)26-23)17-8-10-18(30)11-9-17/h6-7,12-13,15,17-18,30H,4-5,8-11,14H2,1-3H3,(H,24,25,26)/t17-,18-. The van der Waals surface area contributed by atoms with Crippen LogP contribution in [0.1, 0.15) is 51.5 Å². The minimum absolute atomic E-state index is 0.149. The number of aliphatic hydroxyl groups is 1. The predicted octanol–water partition coefficient (Wildman–Crippen LogP) is 3.43. The van der Waals surface area contributed by atoms with Crippen molar-refractivity contribution in [1.82, 2.24) is 24.1 Å². The zero-order chi connectivity index (χ0) is 23.6. The number of fused-ring (bicyclic) bond motifs is 1. The molecule has 1 saturated carbocycles. The molecule has 1 aliphatic carbocycles. The second kappa shape index (κ2) is 9.74. The first-order chi connectivity index (χ1) is 15.8. The Labute approximate surface area is 194 Å². The fourth-order valence-corrected chi connectivity index (χ4v) is 5.05. The van der Waals surface area contributed by atoms with Crippen LogP contribution in [0.25, 0.3) is 22.3 Å². The quantitative estimate of drug-likeness (QED) is 0.483. The van der Waals surface area contributed by atoms with Gasteiger partial charge in [0.05, 0.1) is 22.4 Å². The zero-order valence-electron chi connectivity index (χ0n) is 19.4. The van der Waals surface area contributed by atoms with Crippen molar-refractivity contribution < 1.29 is 13.5 Å². The molecule has 3 aromatic rings. The molecule has 0 amide bonds. The van der Waals surface area contributed by atoms with Crippen LogP contribution in [0.5, 0.6) is 0 Å². The van der Waals surface area contributed by atoms with Gasteiger partial charge in [0.2, 0.25) is 16.0 Å². The monoisotopic (exact) mass is 472 g/mol. The minimum atomic E-state index is -3.50. The Morgan fingerprint density at radius 1 is 1.15 bits per heavy atom. The van der Waals surface area contributed by atoms with E-state index in [2.05, 4.69) is 17.2 Å². The minimum Gasteiger partial charge on any atom is -0.393 e. The molecule has 0 spiro atoms. The summed E-state index contributed by atoms with van der Waals surface area (Å²) in [5.74, 6) is 0.576. The molecule has 2 N–H and O–H groups in total. The number of aliphatic hydroxyl groups excluding tert-OH is 1. The third-order valence-electron chi connectivity index (χ3n) is 6.18. The average Bonchev–Trinajstić information content (AvgIpc) is 3.18. The Balaban J connectivity index is 1.75. The lowest BCUT2D eigenvalue weighted by Crippen LogP contribution is -2.22. The Hall–Kier alpha value is -2.56. The highest BCUT2D eigenvalue weighted by molar-refractivity contribution is 7.89. The maximum Gasteiger partial charge on any atom is 0.242 e. The Morgan fingerprint density at radius 2 is 1.85 bits per heavy atom. The second-order valence-corrected chi connectivity index (χ2v) is 10.9. The lowest BCUT2D eigenvalue weighted by molar-refractivity contribution is 0.109. The van der Waals surface area contributed by atoms with Crippen molar-refractivity contribution in [3.8, 4) is 11.3 Å². The molecular formula is C23H32N6O3S. The van der Waals surface area contributed by atoms with Gasteiger partial charge in [-0.25, -0.2) is 22.4 Å². The van der Waals surface area contributed by atoms with E-state index in [1.54, 1.807) is 30.5 Å². The number of hydrogen-bond acceptors (Lipinski definition) is 7. The van der Waals surface area contributed by atoms with E-state index < -0.39 is 10.0 Å². The molecule has 0 unspecified atom stereocenters. The Bertz CT molecular complexity index is 1200. The SMILES string of the molecule is CCCCNc1ncc2c(-c3ccc(S(=O)(=O)N(C)C)cc3)nn([C@H]3CC[C@H](O)CC3)c2n1. The topological polar surface area (TPSA) is 113 Å². The maximum absolute atomic E-state index is 12.4. The number of anilines is 1. The Kier molecular flexibility index (Phi) is 6.96. The van der Waals surface area contributed by atoms with Crippen LogP contribution >= 0.6 is 0 Å². The molecule has 0 aliphatic heterocycles. The number of benzene rings is 1. The predicted molar refractivity (Wildman–Crippen MR) is 129 cm³/mol. The van der Waals surface area contributed by atoms with E-state index in [9.17, 15) is 13.5 Å². The van der Waals surface area contributed by atoms with Crippen LogP contribution in [0.4, 0.5) is 5.95 Å². The number of nitrogens with zero attached hydrogens (tertiary/aromatic N) is 5. The molecule has 1 aromatic carbocycles. The van der Waals surface area contributed by atoms with E-state index in [0.29, 0.717) is 5.95 Å². The van der Waals surface area contributed by atoms with Crippen molar-refractivity contribution in [3.05, 3.63) is 30.5 Å². The van der Waals surface area contributed by atoms with Crippen molar-refractivity contribution in [2.75, 3.05) is 26.0 Å². The van der Waals surface area contributed by atoms with E-state index >= 15 is 0 Å². The largest absolute Gasteiger partial charge is 0.393 e. The summed E-state index contributed by atoms with van der Waals surface area (Å²) in [4.78, 5) is 9.51. The third-order valence-corrected chi connectivity index (χ3v) is 8.01. The van der Waals surface area contributed by atoms with Gasteiger partial charge in [-0.15, -0.1) is 0 Å². The summed E-state index contributed by atoms with van der Waals surface area (Å²) in [5, 5.41) is 19.0. The number of unbranched alkanes of at least 4 members (excludes halogenated alkanes) is 1. The van der Waals surface area contributed by atoms with Gasteiger partial charge in [-0.1, -0.05) is 25.5 Å². The van der Waals surface area contributed by atoms with Crippen LogP contribution < -0.4 is 5.32 Å². The molecule has 2 aromatic heterocycles. The first kappa shape index (κ1) is 23.6. The number of sulfonamides is 1. The summed E-state index contributed by atoms with van der Waals surface area (Å²) in [5.41, 5.74) is 2.29. The highest BCUT2D eigenvalue weighted by Crippen LogP contribution is 2.34. The van der Waals surface area contributed by atoms with E-state index in [1.807, 2.05) is 4.68 Å². The van der Waals surface area contributed by atoms with Gasteiger partial charge in [-0.05, 0) is 44.2 Å². The van der Waals surface area contributed by atoms with Gasteiger partial charge in [-0.3, -0.25) is 0 Å². The van der Waals surface area contributed by atoms with Gasteiger partial charge >= 0.3 is 0 Å². The fourth-order valence-electron chi connectivity index (χ4n) is 4.15. The van der Waals surface area contributed by atoms with Crippen molar-refractivity contribution in [3.63, 3.8) is 0 Å². The van der Waals surface area contributed by atoms with Crippen molar-refractivity contribution >= 4 is 27.0 Å². The highest BCUT2D eigenvalue weighted by Gasteiger charge is 2.26. The summed E-state index contributed by atoms with van der Waals surface area (Å²) in [6, 6.07) is 6.92. The van der Waals surface area contributed by atoms with Crippen LogP contribution in [0.2, 0.25) is 0 Å². The third kappa shape index (κ3) is 4.87. The van der Waals surface area contributed by atoms with Gasteiger partial charge < -0.3 is 10.4 Å². The smallest absolute Gasteiger partial charge is 0.242 e. The van der Waals surface area contributed by atoms with E-state index in [1.165, 1.54) is 18.4 Å². The van der Waals surface area contributed by atoms with Gasteiger partial charge in [0.25, 0.3) is 0 Å². The number of hydrogen-bond donors (Lipinski definition) is 2. The van der Waals surface area contributed by atoms with Gasteiger partial charge in [0.15, 0.2) is 5.65 Å². The van der Waals surface area contributed by atoms with E-state index in [4.69, 9.17) is 10.1 Å². The summed E-state index contributed by atoms with van der Waals surface area (Å²) < 4.78 is 28.0. The molecule has 10 heteroatoms. The summed E-state index contributed by atoms with van der Waals surface area (Å²) in [7, 11) is -0.467. The van der Waals surface area contributed by atoms with Crippen LogP contribution in [0.15, 0.2) is 35.4 Å². The van der Waals surface area contributed by atoms with E-state index in [0.717, 1.165) is 67.4 Å². The van der Waals surface area contributed by atoms with Crippen LogP contribution in [0, 0.1) is 0 Å². The molecule has 1 aliphatic rings. The van der Waals surface area contributed by atoms with Crippen molar-refractivity contribution in [1.29, 1.82) is 0 Å². The van der Waals surface area contributed by atoms with E-state index in [-0.39, 0.29) is 17.0 Å². The molecular weight excluding hydrogens is 440 g/mol. The fraction of sp³-hybridized carbons (Fsp3) is 0.522. The highest BCUT2D eigenvalue weighted by atomic mass is 32.2. The number of rotatable bonds is 8. The van der Waals surface area contributed by atoms with Crippen LogP contribution in [-0.2, 0) is 10.0 Å². The van der Waals surface area contributed by atoms with Crippen LogP contribution in [0.3, 0.4) is 0 Å². The van der Waals surface area contributed by atoms with Gasteiger partial charge in [0, 0.05) is 32.4 Å². The second-order valence-electron chi connectivity index (χ2n) is 8.78. The first-order valence-electron chi connectivity index (χ1n) is 11.5. The molecule has 0 radical (unpaired) electrons. The van der Waals surface area contributed by atoms with Gasteiger partial charge in [-0.2, -0.15) is 10.1 Å². The lowest BCUT2D eigenvalue weighted by atomic mass is 9.93. The average molecular weight is 473 g/mol. The summed E-state index contributed by atoms with van der Waals surface area (Å²) in [6.07, 6.45) is 6.80. The van der Waals surface area contributed by atoms with Crippen molar-refractivity contribution in [2.24, 2.45) is 0 Å². The first-order valence-corrected chi connectivity index (χ1v) is 13.0. The molecule has 1 fully saturated rings. The van der Waals surface area contributed by atoms with Crippen LogP contribution in [-0.4, -0.2) is 64.3 Å². The zero-order valence-corrected chi connectivity index (χ0v) is 20.2. The molecule has 0 bridgehead atoms. The normalized spacial score (nSPS) is 19.3. The molecule has 178 valence electrons. The Morgan fingerprint density at radius 3 is 2.48 bits per heavy atom. The summed E-state index contributed by atoms with van der Waals surface area (Å²) in [6.45, 7) is 2.94. The maximum atomic E-state index is 12.4. The molecule has 2 heterocycles. The lowest BCUT2D eigenvalue weighted by Gasteiger charge is -2.25. The number of nitrogens with one attached hydrogen (secondary N) is 1. The number of aromatic nitrogens is 4. The summed E-state index contributed by atoms with van der Waals surface area (Å²) >= 11 is 0. The molecule has 33 heavy (non-hydrogen) atoms. The molecule has 9 nitrogen and oxygen atoms in total. The van der Waals surface area contributed by atoms with Gasteiger partial charge in [0.1, 0.15) is 5.69 Å². The molecule has 0 saturated heterocycles. The molecule has 4 rings (SSSR count).